The van der Waals surface area contributed by atoms with Gasteiger partial charge in [-0.3, -0.25) is 0 Å². The lowest BCUT2D eigenvalue weighted by molar-refractivity contribution is 0.211. The first-order chi connectivity index (χ1) is 12.1. The van der Waals surface area contributed by atoms with E-state index < -0.39 is 5.72 Å². The number of aliphatic imine (C=N–C) groups is 1. The average molecular weight is 326 g/mol. The van der Waals surface area contributed by atoms with Crippen molar-refractivity contribution < 1.29 is 4.74 Å². The van der Waals surface area contributed by atoms with Crippen molar-refractivity contribution in [3.8, 4) is 5.75 Å². The predicted octanol–water partition coefficient (Wildman–Crippen LogP) is 3.75. The molecule has 3 aromatic carbocycles. The summed E-state index contributed by atoms with van der Waals surface area (Å²) < 4.78 is 6.54. The summed E-state index contributed by atoms with van der Waals surface area (Å²) >= 11 is 0. The number of hydrogen-bond donors (Lipinski definition) is 0. The molecule has 0 fully saturated rings. The maximum Gasteiger partial charge on any atom is 0.260 e. The molecule has 1 atom stereocenters. The van der Waals surface area contributed by atoms with Crippen LogP contribution in [0.2, 0.25) is 0 Å². The van der Waals surface area contributed by atoms with Crippen LogP contribution in [-0.4, -0.2) is 11.4 Å². The zero-order valence-corrected chi connectivity index (χ0v) is 14.5. The minimum absolute atomic E-state index is 0.823. The molecule has 2 aliphatic heterocycles. The van der Waals surface area contributed by atoms with Crippen LogP contribution in [0.4, 0.5) is 5.69 Å². The maximum absolute atomic E-state index is 6.54. The van der Waals surface area contributed by atoms with Crippen molar-refractivity contribution in [2.24, 2.45) is 9.98 Å². The van der Waals surface area contributed by atoms with Crippen LogP contribution in [0.5, 0.6) is 5.75 Å². The molecule has 0 N–H and O–H groups in total. The fourth-order valence-electron chi connectivity index (χ4n) is 3.77. The number of aryl methyl sites for hydroxylation is 1. The third-order valence-corrected chi connectivity index (χ3v) is 5.33. The van der Waals surface area contributed by atoms with Crippen molar-refractivity contribution in [2.45, 2.75) is 26.5 Å². The first-order valence-electron chi connectivity index (χ1n) is 8.53. The van der Waals surface area contributed by atoms with Crippen LogP contribution in [0.3, 0.4) is 0 Å². The molecular formula is C22H18N2O. The summed E-state index contributed by atoms with van der Waals surface area (Å²) in [5.74, 6) is 0.842. The largest absolute Gasteiger partial charge is 0.454 e. The summed E-state index contributed by atoms with van der Waals surface area (Å²) in [4.78, 5) is 9.83. The first-order valence-corrected chi connectivity index (χ1v) is 8.53. The lowest BCUT2D eigenvalue weighted by Gasteiger charge is -2.32. The minimum atomic E-state index is -0.823. The molecule has 25 heavy (non-hydrogen) atoms. The number of rotatable bonds is 0. The summed E-state index contributed by atoms with van der Waals surface area (Å²) in [6.07, 6.45) is 2.08. The van der Waals surface area contributed by atoms with Crippen molar-refractivity contribution in [3.05, 3.63) is 70.2 Å². The molecule has 0 aliphatic carbocycles. The molecule has 3 aromatic rings. The van der Waals surface area contributed by atoms with Crippen molar-refractivity contribution in [3.63, 3.8) is 0 Å². The number of nitrogens with zero attached hydrogens (tertiary/aromatic N) is 2. The Hall–Kier alpha value is -2.94. The lowest BCUT2D eigenvalue weighted by atomic mass is 9.96. The number of hydrogen-bond acceptors (Lipinski definition) is 3. The molecule has 0 saturated carbocycles. The molecule has 0 aromatic heterocycles. The summed E-state index contributed by atoms with van der Waals surface area (Å²) in [5, 5.41) is 4.40. The Labute approximate surface area is 146 Å². The summed E-state index contributed by atoms with van der Waals surface area (Å²) in [7, 11) is 0. The van der Waals surface area contributed by atoms with E-state index in [2.05, 4.69) is 50.3 Å². The highest BCUT2D eigenvalue weighted by atomic mass is 16.5. The van der Waals surface area contributed by atoms with Crippen LogP contribution < -0.4 is 15.3 Å². The predicted molar refractivity (Wildman–Crippen MR) is 101 cm³/mol. The van der Waals surface area contributed by atoms with Crippen LogP contribution in [-0.2, 0) is 0 Å². The van der Waals surface area contributed by atoms with Crippen LogP contribution in [0.25, 0.3) is 16.8 Å². The molecule has 0 amide bonds. The Morgan fingerprint density at radius 1 is 0.840 bits per heavy atom. The van der Waals surface area contributed by atoms with Crippen molar-refractivity contribution in [1.82, 2.24) is 0 Å². The minimum Gasteiger partial charge on any atom is -0.454 e. The standard InChI is InChI=1S/C22H18N2O/c1-13-14(2)21-20(18-10-6-5-9-17(13)18)23-15(3)22(25-21)12-16-8-4-7-11-19(16)24-22/h4-12H,1-3H3. The fraction of sp³-hybridized carbons (Fsp3) is 0.182. The van der Waals surface area contributed by atoms with Crippen LogP contribution in [0, 0.1) is 13.8 Å². The van der Waals surface area contributed by atoms with E-state index in [0.717, 1.165) is 38.7 Å². The number of ether oxygens (including phenoxy) is 1. The Morgan fingerprint density at radius 3 is 2.36 bits per heavy atom. The quantitative estimate of drug-likeness (QED) is 0.619. The van der Waals surface area contributed by atoms with E-state index >= 15 is 0 Å². The van der Waals surface area contributed by atoms with Gasteiger partial charge in [0.1, 0.15) is 5.69 Å². The highest BCUT2D eigenvalue weighted by Crippen LogP contribution is 2.46. The summed E-state index contributed by atoms with van der Waals surface area (Å²) in [5.41, 5.74) is 3.32. The van der Waals surface area contributed by atoms with E-state index in [1.165, 1.54) is 10.9 Å². The Bertz CT molecular complexity index is 1170. The van der Waals surface area contributed by atoms with Gasteiger partial charge in [0, 0.05) is 10.6 Å². The smallest absolute Gasteiger partial charge is 0.260 e. The fourth-order valence-corrected chi connectivity index (χ4v) is 3.77. The molecule has 3 heteroatoms. The molecule has 0 saturated heterocycles. The number of fused-ring (bicyclic) bond motifs is 4. The zero-order valence-electron chi connectivity index (χ0n) is 14.5. The molecule has 5 rings (SSSR count). The molecule has 1 unspecified atom stereocenters. The second-order valence-electron chi connectivity index (χ2n) is 6.78. The highest BCUT2D eigenvalue weighted by molar-refractivity contribution is 6.07. The van der Waals surface area contributed by atoms with E-state index in [1.807, 2.05) is 25.1 Å². The van der Waals surface area contributed by atoms with Gasteiger partial charge in [-0.05, 0) is 49.4 Å². The Kier molecular flexibility index (Phi) is 2.76. The molecule has 0 bridgehead atoms. The van der Waals surface area contributed by atoms with Gasteiger partial charge in [-0.25, -0.2) is 9.98 Å². The molecular weight excluding hydrogens is 308 g/mol. The second-order valence-corrected chi connectivity index (χ2v) is 6.78. The van der Waals surface area contributed by atoms with E-state index in [0.29, 0.717) is 0 Å². The third kappa shape index (κ3) is 1.86. The van der Waals surface area contributed by atoms with Gasteiger partial charge in [0.25, 0.3) is 5.72 Å². The Balaban J connectivity index is 1.83. The van der Waals surface area contributed by atoms with E-state index in [-0.39, 0.29) is 0 Å². The van der Waals surface area contributed by atoms with Gasteiger partial charge in [-0.1, -0.05) is 42.5 Å². The van der Waals surface area contributed by atoms with Gasteiger partial charge in [-0.2, -0.15) is 0 Å². The number of benzene rings is 3. The van der Waals surface area contributed by atoms with Crippen molar-refractivity contribution in [2.75, 3.05) is 0 Å². The second kappa shape index (κ2) is 4.79. The summed E-state index contributed by atoms with van der Waals surface area (Å²) in [6, 6.07) is 16.5. The van der Waals surface area contributed by atoms with E-state index in [1.54, 1.807) is 0 Å². The Morgan fingerprint density at radius 2 is 1.56 bits per heavy atom. The number of para-hydroxylation sites is 1. The highest BCUT2D eigenvalue weighted by Gasteiger charge is 2.40. The van der Waals surface area contributed by atoms with E-state index in [4.69, 9.17) is 14.7 Å². The average Bonchev–Trinajstić information content (AvgIpc) is 3.00. The zero-order chi connectivity index (χ0) is 17.2. The van der Waals surface area contributed by atoms with Gasteiger partial charge in [-0.15, -0.1) is 0 Å². The van der Waals surface area contributed by atoms with Gasteiger partial charge in [0.2, 0.25) is 0 Å². The molecule has 1 spiro atoms. The van der Waals surface area contributed by atoms with Crippen molar-refractivity contribution in [1.29, 1.82) is 0 Å². The van der Waals surface area contributed by atoms with E-state index in [9.17, 15) is 0 Å². The molecule has 2 aliphatic rings. The molecule has 122 valence electrons. The normalized spacial score (nSPS) is 20.4. The van der Waals surface area contributed by atoms with Crippen LogP contribution in [0.1, 0.15) is 18.1 Å². The molecule has 3 nitrogen and oxygen atoms in total. The molecule has 0 radical (unpaired) electrons. The van der Waals surface area contributed by atoms with Crippen LogP contribution in [0.15, 0.2) is 58.5 Å². The molecule has 2 heterocycles. The van der Waals surface area contributed by atoms with Gasteiger partial charge in [0.15, 0.2) is 5.75 Å². The summed E-state index contributed by atoms with van der Waals surface area (Å²) in [6.45, 7) is 6.24. The van der Waals surface area contributed by atoms with Crippen molar-refractivity contribution >= 4 is 28.2 Å². The first kappa shape index (κ1) is 14.4. The monoisotopic (exact) mass is 326 g/mol. The van der Waals surface area contributed by atoms with Gasteiger partial charge >= 0.3 is 0 Å². The van der Waals surface area contributed by atoms with Crippen LogP contribution >= 0.6 is 0 Å². The van der Waals surface area contributed by atoms with Gasteiger partial charge < -0.3 is 4.74 Å². The lowest BCUT2D eigenvalue weighted by Crippen LogP contribution is -2.40. The van der Waals surface area contributed by atoms with Gasteiger partial charge in [0.05, 0.1) is 11.1 Å². The topological polar surface area (TPSA) is 34.0 Å². The maximum atomic E-state index is 6.54. The third-order valence-electron chi connectivity index (χ3n) is 5.33. The SMILES string of the molecule is CC1=Nc2c(c(C)c(C)c3ccccc23)OC12C=c1ccccc1=N2.